The number of benzene rings is 2. The molecule has 1 fully saturated rings. The molecule has 2 aromatic carbocycles. The second-order valence-corrected chi connectivity index (χ2v) is 6.06. The highest BCUT2D eigenvalue weighted by Gasteiger charge is 2.17. The summed E-state index contributed by atoms with van der Waals surface area (Å²) >= 11 is 0. The van der Waals surface area contributed by atoms with Crippen LogP contribution in [0.3, 0.4) is 0 Å². The molecule has 1 aliphatic heterocycles. The van der Waals surface area contributed by atoms with Gasteiger partial charge in [0.25, 0.3) is 0 Å². The zero-order chi connectivity index (χ0) is 12.7. The molecule has 0 spiro atoms. The average molecular weight is 251 g/mol. The summed E-state index contributed by atoms with van der Waals surface area (Å²) < 4.78 is 0. The van der Waals surface area contributed by atoms with Crippen LogP contribution >= 0.6 is 0 Å². The van der Waals surface area contributed by atoms with Crippen LogP contribution < -0.4 is 0 Å². The largest absolute Gasteiger partial charge is 0.299 e. The Hall–Kier alpha value is -1.34. The molecule has 1 saturated heterocycles. The van der Waals surface area contributed by atoms with Gasteiger partial charge >= 0.3 is 0 Å². The van der Waals surface area contributed by atoms with Crippen LogP contribution in [0.4, 0.5) is 0 Å². The van der Waals surface area contributed by atoms with Crippen LogP contribution in [0.2, 0.25) is 0 Å². The fraction of sp³-hybridized carbons (Fsp3) is 0.444. The lowest BCUT2D eigenvalue weighted by Crippen LogP contribution is -2.29. The molecule has 0 saturated carbocycles. The van der Waals surface area contributed by atoms with Crippen molar-refractivity contribution >= 4 is 10.8 Å². The molecule has 1 heteroatoms. The van der Waals surface area contributed by atoms with Gasteiger partial charge in [-0.2, -0.15) is 0 Å². The summed E-state index contributed by atoms with van der Waals surface area (Å²) in [5, 5.41) is 3.08. The van der Waals surface area contributed by atoms with E-state index in [2.05, 4.69) is 35.2 Å². The number of likely N-dealkylation sites (tertiary alicyclic amines) is 1. The van der Waals surface area contributed by atoms with Crippen molar-refractivity contribution in [2.24, 2.45) is 0 Å². The van der Waals surface area contributed by atoms with E-state index in [1.54, 1.807) is 16.5 Å². The van der Waals surface area contributed by atoms with Crippen molar-refractivity contribution in [3.63, 3.8) is 0 Å². The summed E-state index contributed by atoms with van der Waals surface area (Å²) in [6.45, 7) is 3.70. The molecule has 1 aliphatic carbocycles. The molecular formula is C18H21N. The highest BCUT2D eigenvalue weighted by Crippen LogP contribution is 2.33. The molecule has 1 nitrogen and oxygen atoms in total. The number of rotatable bonds is 2. The van der Waals surface area contributed by atoms with E-state index in [1.807, 2.05) is 0 Å². The number of hydrogen-bond donors (Lipinski definition) is 0. The normalized spacial score (nSPS) is 19.2. The predicted octanol–water partition coefficient (Wildman–Crippen LogP) is 3.92. The Bertz CT molecular complexity index is 598. The molecule has 1 heterocycles. The lowest BCUT2D eigenvalue weighted by molar-refractivity contribution is 0.221. The van der Waals surface area contributed by atoms with Gasteiger partial charge in [-0.25, -0.2) is 0 Å². The molecule has 0 amide bonds. The van der Waals surface area contributed by atoms with Gasteiger partial charge in [-0.1, -0.05) is 36.8 Å². The van der Waals surface area contributed by atoms with Crippen molar-refractivity contribution in [2.75, 3.05) is 13.1 Å². The molecule has 0 atom stereocenters. The van der Waals surface area contributed by atoms with Crippen molar-refractivity contribution in [3.05, 3.63) is 47.0 Å². The molecule has 19 heavy (non-hydrogen) atoms. The van der Waals surface area contributed by atoms with Crippen molar-refractivity contribution in [1.29, 1.82) is 0 Å². The first-order chi connectivity index (χ1) is 9.42. The number of nitrogens with zero attached hydrogens (tertiary/aromatic N) is 1. The molecule has 2 aromatic rings. The van der Waals surface area contributed by atoms with Crippen molar-refractivity contribution in [1.82, 2.24) is 4.90 Å². The Labute approximate surface area is 115 Å². The maximum Gasteiger partial charge on any atom is 0.0239 e. The highest BCUT2D eigenvalue weighted by atomic mass is 15.1. The molecule has 2 aliphatic rings. The molecule has 0 N–H and O–H groups in total. The quantitative estimate of drug-likeness (QED) is 0.782. The van der Waals surface area contributed by atoms with Gasteiger partial charge < -0.3 is 0 Å². The highest BCUT2D eigenvalue weighted by molar-refractivity contribution is 5.93. The van der Waals surface area contributed by atoms with E-state index >= 15 is 0 Å². The molecule has 0 unspecified atom stereocenters. The third kappa shape index (κ3) is 1.97. The van der Waals surface area contributed by atoms with Crippen LogP contribution in [0.1, 0.15) is 36.0 Å². The van der Waals surface area contributed by atoms with Crippen LogP contribution in [0.15, 0.2) is 30.3 Å². The van der Waals surface area contributed by atoms with E-state index in [0.717, 1.165) is 6.54 Å². The van der Waals surface area contributed by atoms with Gasteiger partial charge in [0.2, 0.25) is 0 Å². The predicted molar refractivity (Wildman–Crippen MR) is 80.5 cm³/mol. The first-order valence-electron chi connectivity index (χ1n) is 7.66. The van der Waals surface area contributed by atoms with Gasteiger partial charge in [-0.05, 0) is 66.2 Å². The Morgan fingerprint density at radius 1 is 0.842 bits per heavy atom. The first-order valence-corrected chi connectivity index (χ1v) is 7.66. The number of piperidine rings is 1. The zero-order valence-electron chi connectivity index (χ0n) is 11.5. The van der Waals surface area contributed by atoms with Crippen molar-refractivity contribution in [3.8, 4) is 0 Å². The smallest absolute Gasteiger partial charge is 0.0239 e. The van der Waals surface area contributed by atoms with Crippen molar-refractivity contribution in [2.45, 2.75) is 38.6 Å². The van der Waals surface area contributed by atoms with Gasteiger partial charge in [-0.3, -0.25) is 4.90 Å². The van der Waals surface area contributed by atoms with Crippen LogP contribution in [0, 0.1) is 0 Å². The third-order valence-corrected chi connectivity index (χ3v) is 4.81. The standard InChI is InChI=1S/C18H21N/c1-2-11-19(12-3-1)13-16-10-9-15-8-7-14-5-4-6-17(16)18(14)15/h4-6,9-10H,1-3,7-8,11-13H2. The van der Waals surface area contributed by atoms with E-state index in [1.165, 1.54) is 56.1 Å². The number of aryl methyl sites for hydroxylation is 2. The summed E-state index contributed by atoms with van der Waals surface area (Å²) in [5.41, 5.74) is 4.66. The summed E-state index contributed by atoms with van der Waals surface area (Å²) in [5.74, 6) is 0. The lowest BCUT2D eigenvalue weighted by Gasteiger charge is -2.27. The Balaban J connectivity index is 1.74. The van der Waals surface area contributed by atoms with Crippen LogP contribution in [0.25, 0.3) is 10.8 Å². The minimum atomic E-state index is 1.14. The molecule has 4 rings (SSSR count). The van der Waals surface area contributed by atoms with Gasteiger partial charge in [0, 0.05) is 6.54 Å². The maximum atomic E-state index is 2.63. The lowest BCUT2D eigenvalue weighted by atomic mass is 9.99. The first kappa shape index (κ1) is 11.5. The van der Waals surface area contributed by atoms with E-state index in [4.69, 9.17) is 0 Å². The van der Waals surface area contributed by atoms with E-state index in [0.29, 0.717) is 0 Å². The summed E-state index contributed by atoms with van der Waals surface area (Å²) in [7, 11) is 0. The summed E-state index contributed by atoms with van der Waals surface area (Å²) in [6.07, 6.45) is 6.64. The Morgan fingerprint density at radius 2 is 1.63 bits per heavy atom. The molecular weight excluding hydrogens is 230 g/mol. The topological polar surface area (TPSA) is 3.24 Å². The molecule has 0 aromatic heterocycles. The zero-order valence-corrected chi connectivity index (χ0v) is 11.5. The maximum absolute atomic E-state index is 2.63. The third-order valence-electron chi connectivity index (χ3n) is 4.81. The Kier molecular flexibility index (Phi) is 2.81. The molecule has 0 bridgehead atoms. The summed E-state index contributed by atoms with van der Waals surface area (Å²) in [4.78, 5) is 2.63. The van der Waals surface area contributed by atoms with Gasteiger partial charge in [-0.15, -0.1) is 0 Å². The minimum Gasteiger partial charge on any atom is -0.299 e. The minimum absolute atomic E-state index is 1.14. The second-order valence-electron chi connectivity index (χ2n) is 6.06. The van der Waals surface area contributed by atoms with Crippen LogP contribution in [0.5, 0.6) is 0 Å². The van der Waals surface area contributed by atoms with Crippen LogP contribution in [-0.2, 0) is 19.4 Å². The van der Waals surface area contributed by atoms with E-state index < -0.39 is 0 Å². The van der Waals surface area contributed by atoms with Gasteiger partial charge in [0.15, 0.2) is 0 Å². The fourth-order valence-corrected chi connectivity index (χ4v) is 3.80. The molecule has 98 valence electrons. The SMILES string of the molecule is c1cc2c3c(ccc(CN4CCCCC4)c3c1)CC2. The average Bonchev–Trinajstić information content (AvgIpc) is 2.88. The molecule has 0 radical (unpaired) electrons. The Morgan fingerprint density at radius 3 is 2.47 bits per heavy atom. The fourth-order valence-electron chi connectivity index (χ4n) is 3.80. The van der Waals surface area contributed by atoms with Crippen LogP contribution in [-0.4, -0.2) is 18.0 Å². The van der Waals surface area contributed by atoms with Gasteiger partial charge in [0.1, 0.15) is 0 Å². The van der Waals surface area contributed by atoms with E-state index in [9.17, 15) is 0 Å². The number of hydrogen-bond acceptors (Lipinski definition) is 1. The van der Waals surface area contributed by atoms with Gasteiger partial charge in [0.05, 0.1) is 0 Å². The van der Waals surface area contributed by atoms with Crippen molar-refractivity contribution < 1.29 is 0 Å². The monoisotopic (exact) mass is 251 g/mol. The summed E-state index contributed by atoms with van der Waals surface area (Å²) in [6, 6.07) is 11.6. The second kappa shape index (κ2) is 4.64. The van der Waals surface area contributed by atoms with E-state index in [-0.39, 0.29) is 0 Å².